The summed E-state index contributed by atoms with van der Waals surface area (Å²) in [6.07, 6.45) is 0.300. The van der Waals surface area contributed by atoms with Crippen molar-refractivity contribution in [2.45, 2.75) is 27.2 Å². The molecular formula is C19H22FN3O3S. The first-order chi connectivity index (χ1) is 12.6. The third-order valence-electron chi connectivity index (χ3n) is 3.41. The number of carbonyl (C=O) groups is 3. The number of nitrogens with one attached hydrogen (secondary N) is 3. The molecule has 1 aromatic carbocycles. The van der Waals surface area contributed by atoms with Crippen LogP contribution >= 0.6 is 11.3 Å². The highest BCUT2D eigenvalue weighted by Gasteiger charge is 2.16. The Hall–Kier alpha value is -2.74. The first kappa shape index (κ1) is 20.6. The molecule has 0 spiro atoms. The van der Waals surface area contributed by atoms with Gasteiger partial charge >= 0.3 is 0 Å². The van der Waals surface area contributed by atoms with E-state index in [4.69, 9.17) is 0 Å². The molecule has 0 fully saturated rings. The zero-order chi connectivity index (χ0) is 20.0. The van der Waals surface area contributed by atoms with Crippen LogP contribution in [0.2, 0.25) is 0 Å². The van der Waals surface area contributed by atoms with Crippen LogP contribution in [-0.4, -0.2) is 24.3 Å². The molecule has 6 nitrogen and oxygen atoms in total. The number of halogens is 1. The smallest absolute Gasteiger partial charge is 0.279 e. The Kier molecular flexibility index (Phi) is 6.68. The van der Waals surface area contributed by atoms with Gasteiger partial charge in [-0.05, 0) is 35.2 Å². The lowest BCUT2D eigenvalue weighted by atomic mass is 9.92. The lowest BCUT2D eigenvalue weighted by Crippen LogP contribution is -2.46. The van der Waals surface area contributed by atoms with Crippen LogP contribution in [0.4, 0.5) is 4.39 Å². The van der Waals surface area contributed by atoms with E-state index < -0.39 is 11.8 Å². The number of carbonyl (C=O) groups excluding carboxylic acids is 3. The standard InChI is InChI=1S/C19H22FN3O3S/c1-19(2,3)10-16(24)21-11-17(25)22-23-18(26)15-9-8-14(27-15)12-4-6-13(20)7-5-12/h4-9H,10-11H2,1-3H3,(H,21,24)(H,22,25)(H,23,26). The fourth-order valence-electron chi connectivity index (χ4n) is 2.18. The quantitative estimate of drug-likeness (QED) is 0.685. The highest BCUT2D eigenvalue weighted by molar-refractivity contribution is 7.17. The Bertz CT molecular complexity index is 825. The molecule has 2 rings (SSSR count). The Balaban J connectivity index is 1.81. The molecule has 0 aliphatic rings. The van der Waals surface area contributed by atoms with E-state index in [1.807, 2.05) is 20.8 Å². The van der Waals surface area contributed by atoms with Gasteiger partial charge in [0.05, 0.1) is 11.4 Å². The van der Waals surface area contributed by atoms with Gasteiger partial charge in [0.15, 0.2) is 0 Å². The van der Waals surface area contributed by atoms with Crippen molar-refractivity contribution in [1.29, 1.82) is 0 Å². The molecule has 1 aromatic heterocycles. The summed E-state index contributed by atoms with van der Waals surface area (Å²) < 4.78 is 13.0. The van der Waals surface area contributed by atoms with Crippen LogP contribution in [0.5, 0.6) is 0 Å². The SMILES string of the molecule is CC(C)(C)CC(=O)NCC(=O)NNC(=O)c1ccc(-c2ccc(F)cc2)s1. The lowest BCUT2D eigenvalue weighted by Gasteiger charge is -2.17. The van der Waals surface area contributed by atoms with Gasteiger partial charge in [0.2, 0.25) is 5.91 Å². The van der Waals surface area contributed by atoms with Gasteiger partial charge in [-0.3, -0.25) is 25.2 Å². The van der Waals surface area contributed by atoms with Crippen LogP contribution in [0, 0.1) is 11.2 Å². The van der Waals surface area contributed by atoms with Gasteiger partial charge in [0.25, 0.3) is 11.8 Å². The van der Waals surface area contributed by atoms with Crippen molar-refractivity contribution in [2.75, 3.05) is 6.54 Å². The highest BCUT2D eigenvalue weighted by Crippen LogP contribution is 2.28. The van der Waals surface area contributed by atoms with Crippen LogP contribution in [0.25, 0.3) is 10.4 Å². The average Bonchev–Trinajstić information content (AvgIpc) is 3.07. The van der Waals surface area contributed by atoms with Gasteiger partial charge in [-0.1, -0.05) is 32.9 Å². The number of hydrogen-bond acceptors (Lipinski definition) is 4. The second-order valence-electron chi connectivity index (χ2n) is 7.19. The Labute approximate surface area is 161 Å². The molecule has 8 heteroatoms. The monoisotopic (exact) mass is 391 g/mol. The Morgan fingerprint density at radius 3 is 2.26 bits per heavy atom. The molecule has 0 aliphatic heterocycles. The summed E-state index contributed by atoms with van der Waals surface area (Å²) in [6, 6.07) is 9.33. The van der Waals surface area contributed by atoms with E-state index >= 15 is 0 Å². The maximum Gasteiger partial charge on any atom is 0.279 e. The molecule has 0 saturated carbocycles. The first-order valence-corrected chi connectivity index (χ1v) is 9.17. The molecule has 144 valence electrons. The van der Waals surface area contributed by atoms with Crippen molar-refractivity contribution in [3.63, 3.8) is 0 Å². The highest BCUT2D eigenvalue weighted by atomic mass is 32.1. The van der Waals surface area contributed by atoms with Crippen LogP contribution in [-0.2, 0) is 9.59 Å². The molecule has 2 aromatic rings. The van der Waals surface area contributed by atoms with E-state index in [1.54, 1.807) is 24.3 Å². The van der Waals surface area contributed by atoms with Crippen LogP contribution in [0.15, 0.2) is 36.4 Å². The molecule has 1 heterocycles. The van der Waals surface area contributed by atoms with E-state index in [2.05, 4.69) is 16.2 Å². The number of benzene rings is 1. The van der Waals surface area contributed by atoms with Gasteiger partial charge < -0.3 is 5.32 Å². The third-order valence-corrected chi connectivity index (χ3v) is 4.54. The number of amides is 3. The normalized spacial score (nSPS) is 11.0. The molecule has 0 unspecified atom stereocenters. The number of thiophene rings is 1. The zero-order valence-electron chi connectivity index (χ0n) is 15.4. The summed E-state index contributed by atoms with van der Waals surface area (Å²) >= 11 is 1.22. The Morgan fingerprint density at radius 2 is 1.63 bits per heavy atom. The molecule has 0 saturated heterocycles. The molecule has 0 radical (unpaired) electrons. The van der Waals surface area contributed by atoms with Gasteiger partial charge in [0, 0.05) is 11.3 Å². The topological polar surface area (TPSA) is 87.3 Å². The minimum absolute atomic E-state index is 0.170. The summed E-state index contributed by atoms with van der Waals surface area (Å²) in [6.45, 7) is 5.55. The minimum atomic E-state index is -0.527. The van der Waals surface area contributed by atoms with E-state index in [-0.39, 0.29) is 23.7 Å². The van der Waals surface area contributed by atoms with Crippen molar-refractivity contribution in [2.24, 2.45) is 5.41 Å². The van der Waals surface area contributed by atoms with Crippen LogP contribution in [0.3, 0.4) is 0 Å². The van der Waals surface area contributed by atoms with Crippen molar-refractivity contribution in [1.82, 2.24) is 16.2 Å². The molecule has 3 amide bonds. The molecule has 0 atom stereocenters. The third kappa shape index (κ3) is 6.82. The summed E-state index contributed by atoms with van der Waals surface area (Å²) in [5.41, 5.74) is 5.19. The molecule has 3 N–H and O–H groups in total. The van der Waals surface area contributed by atoms with E-state index in [9.17, 15) is 18.8 Å². The number of rotatable bonds is 5. The predicted molar refractivity (Wildman–Crippen MR) is 102 cm³/mol. The maximum absolute atomic E-state index is 13.0. The fraction of sp³-hybridized carbons (Fsp3) is 0.316. The van der Waals surface area contributed by atoms with Gasteiger partial charge in [-0.25, -0.2) is 4.39 Å². The average molecular weight is 391 g/mol. The van der Waals surface area contributed by atoms with Crippen LogP contribution < -0.4 is 16.2 Å². The molecule has 27 heavy (non-hydrogen) atoms. The Morgan fingerprint density at radius 1 is 0.963 bits per heavy atom. The van der Waals surface area contributed by atoms with E-state index in [0.717, 1.165) is 10.4 Å². The molecule has 0 aliphatic carbocycles. The minimum Gasteiger partial charge on any atom is -0.347 e. The van der Waals surface area contributed by atoms with Gasteiger partial charge in [0.1, 0.15) is 5.82 Å². The first-order valence-electron chi connectivity index (χ1n) is 8.36. The van der Waals surface area contributed by atoms with E-state index in [0.29, 0.717) is 11.3 Å². The van der Waals surface area contributed by atoms with E-state index in [1.165, 1.54) is 23.5 Å². The van der Waals surface area contributed by atoms with Crippen molar-refractivity contribution < 1.29 is 18.8 Å². The van der Waals surface area contributed by atoms with Crippen molar-refractivity contribution in [3.8, 4) is 10.4 Å². The second-order valence-corrected chi connectivity index (χ2v) is 8.27. The lowest BCUT2D eigenvalue weighted by molar-refractivity contribution is -0.127. The molecular weight excluding hydrogens is 369 g/mol. The van der Waals surface area contributed by atoms with Gasteiger partial charge in [-0.15, -0.1) is 11.3 Å². The summed E-state index contributed by atoms with van der Waals surface area (Å²) in [5, 5.41) is 2.50. The summed E-state index contributed by atoms with van der Waals surface area (Å²) in [4.78, 5) is 36.7. The maximum atomic E-state index is 13.0. The van der Waals surface area contributed by atoms with Crippen LogP contribution in [0.1, 0.15) is 36.9 Å². The predicted octanol–water partition coefficient (Wildman–Crippen LogP) is 2.87. The molecule has 0 bridgehead atoms. The van der Waals surface area contributed by atoms with Gasteiger partial charge in [-0.2, -0.15) is 0 Å². The van der Waals surface area contributed by atoms with Crippen molar-refractivity contribution >= 4 is 29.1 Å². The summed E-state index contributed by atoms with van der Waals surface area (Å²) in [5.74, 6) is -1.56. The largest absolute Gasteiger partial charge is 0.347 e. The number of hydrazine groups is 1. The fourth-order valence-corrected chi connectivity index (χ4v) is 3.09. The van der Waals surface area contributed by atoms with Crippen molar-refractivity contribution in [3.05, 3.63) is 47.1 Å². The second kappa shape index (κ2) is 8.77. The zero-order valence-corrected chi connectivity index (χ0v) is 16.2. The summed E-state index contributed by atoms with van der Waals surface area (Å²) in [7, 11) is 0. The number of hydrogen-bond donors (Lipinski definition) is 3.